The molecule has 0 aliphatic rings. The van der Waals surface area contributed by atoms with E-state index < -0.39 is 15.8 Å². The van der Waals surface area contributed by atoms with Gasteiger partial charge in [0.05, 0.1) is 16.1 Å². The van der Waals surface area contributed by atoms with Gasteiger partial charge in [-0.1, -0.05) is 6.07 Å². The summed E-state index contributed by atoms with van der Waals surface area (Å²) in [5.41, 5.74) is 3.52. The number of nitro benzene ring substituents is 2. The number of non-ortho nitro benzene ring substituents is 2. The van der Waals surface area contributed by atoms with Crippen molar-refractivity contribution < 1.29 is 19.1 Å². The summed E-state index contributed by atoms with van der Waals surface area (Å²) >= 11 is 0. The van der Waals surface area contributed by atoms with Crippen molar-refractivity contribution in [3.63, 3.8) is 0 Å². The molecule has 1 heterocycles. The summed E-state index contributed by atoms with van der Waals surface area (Å²) in [5, 5.41) is 25.4. The third kappa shape index (κ3) is 4.50. The van der Waals surface area contributed by atoms with Crippen LogP contribution in [-0.4, -0.2) is 22.0 Å². The monoisotopic (exact) mass is 394 g/mol. The molecule has 0 atom stereocenters. The Morgan fingerprint density at radius 3 is 2.45 bits per heavy atom. The van der Waals surface area contributed by atoms with E-state index in [9.17, 15) is 25.0 Å². The molecule has 0 aliphatic heterocycles. The Kier molecular flexibility index (Phi) is 5.44. The van der Waals surface area contributed by atoms with Crippen LogP contribution in [0.5, 0.6) is 0 Å². The summed E-state index contributed by atoms with van der Waals surface area (Å²) in [5.74, 6) is 0.226. The molecule has 10 heteroatoms. The van der Waals surface area contributed by atoms with Crippen molar-refractivity contribution in [1.29, 1.82) is 0 Å². The first-order valence-electron chi connectivity index (χ1n) is 8.28. The summed E-state index contributed by atoms with van der Waals surface area (Å²) in [7, 11) is 0. The van der Waals surface area contributed by atoms with E-state index in [0.29, 0.717) is 22.6 Å². The molecular weight excluding hydrogens is 380 g/mol. The zero-order chi connectivity index (χ0) is 21.0. The summed E-state index contributed by atoms with van der Waals surface area (Å²) in [6.45, 7) is 1.73. The number of hydrogen-bond donors (Lipinski definition) is 1. The predicted octanol–water partition coefficient (Wildman–Crippen LogP) is 3.84. The van der Waals surface area contributed by atoms with E-state index in [2.05, 4.69) is 10.5 Å². The topological polar surface area (TPSA) is 141 Å². The molecule has 0 spiro atoms. The zero-order valence-corrected chi connectivity index (χ0v) is 15.1. The van der Waals surface area contributed by atoms with E-state index in [-0.39, 0.29) is 16.9 Å². The molecule has 1 N–H and O–H groups in total. The van der Waals surface area contributed by atoms with Gasteiger partial charge in [0, 0.05) is 35.4 Å². The Morgan fingerprint density at radius 1 is 1.03 bits per heavy atom. The smallest absolute Gasteiger partial charge is 0.271 e. The second kappa shape index (κ2) is 8.13. The number of furan rings is 1. The van der Waals surface area contributed by atoms with E-state index in [1.165, 1.54) is 36.5 Å². The van der Waals surface area contributed by atoms with E-state index in [1.807, 2.05) is 0 Å². The maximum absolute atomic E-state index is 12.0. The molecule has 0 saturated heterocycles. The molecule has 0 saturated carbocycles. The number of nitro groups is 2. The number of nitrogens with zero attached hydrogens (tertiary/aromatic N) is 3. The molecular formula is C19H14N4O6. The molecule has 10 nitrogen and oxygen atoms in total. The van der Waals surface area contributed by atoms with Gasteiger partial charge in [-0.25, -0.2) is 5.43 Å². The summed E-state index contributed by atoms with van der Waals surface area (Å²) in [6.07, 6.45) is 1.28. The van der Waals surface area contributed by atoms with Crippen molar-refractivity contribution in [2.75, 3.05) is 0 Å². The molecule has 0 unspecified atom stereocenters. The van der Waals surface area contributed by atoms with Gasteiger partial charge in [0.2, 0.25) is 0 Å². The lowest BCUT2D eigenvalue weighted by Crippen LogP contribution is -2.17. The lowest BCUT2D eigenvalue weighted by molar-refractivity contribution is -0.385. The van der Waals surface area contributed by atoms with Crippen LogP contribution in [0.25, 0.3) is 11.3 Å². The molecule has 1 amide bonds. The minimum absolute atomic E-state index is 0.0107. The van der Waals surface area contributed by atoms with Crippen LogP contribution in [0.2, 0.25) is 0 Å². The molecule has 0 aliphatic carbocycles. The van der Waals surface area contributed by atoms with Gasteiger partial charge in [0.15, 0.2) is 0 Å². The van der Waals surface area contributed by atoms with Gasteiger partial charge in [-0.2, -0.15) is 5.10 Å². The van der Waals surface area contributed by atoms with Crippen molar-refractivity contribution in [3.05, 3.63) is 91.7 Å². The maximum Gasteiger partial charge on any atom is 0.271 e. The molecule has 29 heavy (non-hydrogen) atoms. The number of amides is 1. The van der Waals surface area contributed by atoms with Crippen LogP contribution in [0.3, 0.4) is 0 Å². The number of nitrogens with one attached hydrogen (secondary N) is 1. The van der Waals surface area contributed by atoms with Crippen LogP contribution in [0.1, 0.15) is 21.7 Å². The first kappa shape index (κ1) is 19.4. The number of carbonyl (C=O) groups excluding carboxylic acids is 1. The third-order valence-electron chi connectivity index (χ3n) is 3.99. The minimum atomic E-state index is -0.608. The molecule has 3 rings (SSSR count). The van der Waals surface area contributed by atoms with Gasteiger partial charge in [0.25, 0.3) is 17.3 Å². The van der Waals surface area contributed by atoms with E-state index in [0.717, 1.165) is 6.07 Å². The number of carbonyl (C=O) groups is 1. The van der Waals surface area contributed by atoms with Crippen molar-refractivity contribution in [2.24, 2.45) is 5.10 Å². The molecule has 2 aromatic carbocycles. The number of hydrogen-bond acceptors (Lipinski definition) is 7. The molecule has 0 bridgehead atoms. The van der Waals surface area contributed by atoms with Crippen LogP contribution < -0.4 is 5.43 Å². The lowest BCUT2D eigenvalue weighted by atomic mass is 10.1. The summed E-state index contributed by atoms with van der Waals surface area (Å²) in [6, 6.07) is 13.0. The largest absolute Gasteiger partial charge is 0.455 e. The molecule has 0 radical (unpaired) electrons. The normalized spacial score (nSPS) is 10.8. The Hall–Kier alpha value is -4.34. The van der Waals surface area contributed by atoms with Crippen LogP contribution in [0, 0.1) is 27.2 Å². The van der Waals surface area contributed by atoms with Crippen LogP contribution >= 0.6 is 0 Å². The Bertz CT molecular complexity index is 1140. The standard InChI is InChI=1S/C19H14N4O6/c1-12-9-15(23(27)28)5-7-17(12)18-8-6-16(29-18)11-20-21-19(24)13-3-2-4-14(10-13)22(25)26/h2-11H,1H3,(H,21,24)/b20-11-. The van der Waals surface area contributed by atoms with Crippen molar-refractivity contribution in [3.8, 4) is 11.3 Å². The van der Waals surface area contributed by atoms with Gasteiger partial charge in [0.1, 0.15) is 11.5 Å². The molecule has 3 aromatic rings. The number of rotatable bonds is 6. The maximum atomic E-state index is 12.0. The Morgan fingerprint density at radius 2 is 1.76 bits per heavy atom. The Balaban J connectivity index is 1.69. The quantitative estimate of drug-likeness (QED) is 0.382. The highest BCUT2D eigenvalue weighted by atomic mass is 16.6. The second-order valence-electron chi connectivity index (χ2n) is 5.96. The average molecular weight is 394 g/mol. The van der Waals surface area contributed by atoms with Gasteiger partial charge < -0.3 is 4.42 Å². The van der Waals surface area contributed by atoms with Crippen LogP contribution in [-0.2, 0) is 0 Å². The fourth-order valence-corrected chi connectivity index (χ4v) is 2.58. The van der Waals surface area contributed by atoms with Gasteiger partial charge in [-0.05, 0) is 36.8 Å². The van der Waals surface area contributed by atoms with E-state index in [1.54, 1.807) is 25.1 Å². The summed E-state index contributed by atoms with van der Waals surface area (Å²) < 4.78 is 5.63. The summed E-state index contributed by atoms with van der Waals surface area (Å²) in [4.78, 5) is 32.6. The first-order chi connectivity index (χ1) is 13.8. The average Bonchev–Trinajstić information content (AvgIpc) is 3.16. The fraction of sp³-hybridized carbons (Fsp3) is 0.0526. The van der Waals surface area contributed by atoms with E-state index in [4.69, 9.17) is 4.42 Å². The lowest BCUT2D eigenvalue weighted by Gasteiger charge is -2.02. The van der Waals surface area contributed by atoms with Crippen LogP contribution in [0.4, 0.5) is 11.4 Å². The van der Waals surface area contributed by atoms with E-state index >= 15 is 0 Å². The van der Waals surface area contributed by atoms with Gasteiger partial charge in [-0.3, -0.25) is 25.0 Å². The highest BCUT2D eigenvalue weighted by molar-refractivity contribution is 5.95. The first-order valence-corrected chi connectivity index (χ1v) is 8.28. The molecule has 0 fully saturated rings. The Labute approximate surface area is 163 Å². The number of aryl methyl sites for hydroxylation is 1. The number of benzene rings is 2. The second-order valence-corrected chi connectivity index (χ2v) is 5.96. The number of hydrazone groups is 1. The highest BCUT2D eigenvalue weighted by Crippen LogP contribution is 2.28. The molecule has 1 aromatic heterocycles. The van der Waals surface area contributed by atoms with Crippen molar-refractivity contribution in [1.82, 2.24) is 5.43 Å². The minimum Gasteiger partial charge on any atom is -0.455 e. The fourth-order valence-electron chi connectivity index (χ4n) is 2.58. The van der Waals surface area contributed by atoms with Gasteiger partial charge in [-0.15, -0.1) is 0 Å². The third-order valence-corrected chi connectivity index (χ3v) is 3.99. The van der Waals surface area contributed by atoms with Crippen molar-refractivity contribution in [2.45, 2.75) is 6.92 Å². The van der Waals surface area contributed by atoms with Crippen LogP contribution in [0.15, 0.2) is 64.1 Å². The van der Waals surface area contributed by atoms with Gasteiger partial charge >= 0.3 is 0 Å². The predicted molar refractivity (Wildman–Crippen MR) is 104 cm³/mol. The van der Waals surface area contributed by atoms with Crippen molar-refractivity contribution >= 4 is 23.5 Å². The SMILES string of the molecule is Cc1cc([N+](=O)[O-])ccc1-c1ccc(/C=N\NC(=O)c2cccc([N+](=O)[O-])c2)o1. The molecule has 146 valence electrons. The zero-order valence-electron chi connectivity index (χ0n) is 15.1. The highest BCUT2D eigenvalue weighted by Gasteiger charge is 2.13.